The maximum Gasteiger partial charge on any atom is 0.319 e. The lowest BCUT2D eigenvalue weighted by Gasteiger charge is -2.30. The van der Waals surface area contributed by atoms with Crippen molar-refractivity contribution in [2.45, 2.75) is 64.1 Å². The van der Waals surface area contributed by atoms with Gasteiger partial charge in [0.1, 0.15) is 11.8 Å². The minimum atomic E-state index is -0.179. The fraction of sp³-hybridized carbons (Fsp3) is 0.357. The number of hydrogen-bond donors (Lipinski definition) is 2. The van der Waals surface area contributed by atoms with Crippen molar-refractivity contribution in [1.29, 1.82) is 5.26 Å². The number of hydrogen-bond acceptors (Lipinski definition) is 6. The van der Waals surface area contributed by atoms with Crippen molar-refractivity contribution in [2.75, 3.05) is 5.32 Å². The molecule has 2 saturated carbocycles. The SMILES string of the molecule is Cc1noc(COc2ccc3c(C#N)c(-c4ccc(NC(=O)NC5CCC5)cc4)n(C4CCC4)c3c2)n1. The number of nitrogens with zero attached hydrogens (tertiary/aromatic N) is 4. The first-order valence-corrected chi connectivity index (χ1v) is 12.8. The summed E-state index contributed by atoms with van der Waals surface area (Å²) < 4.78 is 13.4. The number of benzene rings is 2. The van der Waals surface area contributed by atoms with Gasteiger partial charge in [-0.15, -0.1) is 0 Å². The second-order valence-corrected chi connectivity index (χ2v) is 9.80. The molecule has 0 aliphatic heterocycles. The Bertz CT molecular complexity index is 1490. The van der Waals surface area contributed by atoms with Crippen LogP contribution < -0.4 is 15.4 Å². The molecule has 0 spiro atoms. The van der Waals surface area contributed by atoms with Gasteiger partial charge in [-0.05, 0) is 75.3 Å². The van der Waals surface area contributed by atoms with Crippen LogP contribution in [-0.2, 0) is 6.61 Å². The zero-order chi connectivity index (χ0) is 25.4. The number of ether oxygens (including phenoxy) is 1. The highest BCUT2D eigenvalue weighted by atomic mass is 16.5. The lowest BCUT2D eigenvalue weighted by Crippen LogP contribution is -2.41. The molecule has 2 aromatic heterocycles. The fourth-order valence-electron chi connectivity index (χ4n) is 4.96. The van der Waals surface area contributed by atoms with E-state index in [4.69, 9.17) is 9.26 Å². The molecular formula is C28H28N6O3. The zero-order valence-corrected chi connectivity index (χ0v) is 20.7. The predicted octanol–water partition coefficient (Wildman–Crippen LogP) is 5.85. The summed E-state index contributed by atoms with van der Waals surface area (Å²) in [5.74, 6) is 1.66. The van der Waals surface area contributed by atoms with Crippen molar-refractivity contribution in [3.63, 3.8) is 0 Å². The van der Waals surface area contributed by atoms with Crippen molar-refractivity contribution in [2.24, 2.45) is 0 Å². The highest BCUT2D eigenvalue weighted by Gasteiger charge is 2.28. The van der Waals surface area contributed by atoms with Crippen molar-refractivity contribution >= 4 is 22.6 Å². The Kier molecular flexibility index (Phi) is 6.01. The van der Waals surface area contributed by atoms with Crippen LogP contribution in [0.1, 0.15) is 61.8 Å². The van der Waals surface area contributed by atoms with Crippen LogP contribution in [0, 0.1) is 18.3 Å². The standard InChI is InChI=1S/C28H28N6O3/c1-17-30-26(37-33-17)16-36-22-12-13-23-24(15-29)27(34(25(23)14-22)21-6-3-7-21)18-8-10-20(11-9-18)32-28(35)31-19-4-2-5-19/h8-14,19,21H,2-7,16H2,1H3,(H2,31,32,35). The first-order chi connectivity index (χ1) is 18.1. The molecule has 188 valence electrons. The molecule has 6 rings (SSSR count). The third kappa shape index (κ3) is 4.51. The minimum absolute atomic E-state index is 0.178. The Balaban J connectivity index is 1.32. The van der Waals surface area contributed by atoms with Crippen LogP contribution >= 0.6 is 0 Å². The number of aryl methyl sites for hydroxylation is 1. The van der Waals surface area contributed by atoms with E-state index < -0.39 is 0 Å². The molecule has 4 aromatic rings. The molecular weight excluding hydrogens is 468 g/mol. The van der Waals surface area contributed by atoms with Gasteiger partial charge in [0.05, 0.1) is 16.8 Å². The molecule has 0 unspecified atom stereocenters. The van der Waals surface area contributed by atoms with Crippen LogP contribution in [0.5, 0.6) is 5.75 Å². The smallest absolute Gasteiger partial charge is 0.319 e. The van der Waals surface area contributed by atoms with Gasteiger partial charge in [-0.2, -0.15) is 10.2 Å². The summed E-state index contributed by atoms with van der Waals surface area (Å²) in [5, 5.41) is 20.8. The number of nitriles is 1. The Morgan fingerprint density at radius 3 is 2.57 bits per heavy atom. The average molecular weight is 497 g/mol. The molecule has 37 heavy (non-hydrogen) atoms. The van der Waals surface area contributed by atoms with E-state index >= 15 is 0 Å². The third-order valence-electron chi connectivity index (χ3n) is 7.32. The van der Waals surface area contributed by atoms with E-state index in [2.05, 4.69) is 31.4 Å². The number of anilines is 1. The quantitative estimate of drug-likeness (QED) is 0.331. The van der Waals surface area contributed by atoms with E-state index in [1.807, 2.05) is 42.5 Å². The molecule has 2 aliphatic rings. The van der Waals surface area contributed by atoms with Crippen LogP contribution in [0.25, 0.3) is 22.2 Å². The molecule has 9 nitrogen and oxygen atoms in total. The highest BCUT2D eigenvalue weighted by molar-refractivity contribution is 5.96. The average Bonchev–Trinajstić information content (AvgIpc) is 3.40. The number of urea groups is 1. The maximum atomic E-state index is 12.3. The molecule has 2 fully saturated rings. The van der Waals surface area contributed by atoms with E-state index in [0.717, 1.165) is 60.0 Å². The van der Waals surface area contributed by atoms with E-state index in [0.29, 0.717) is 29.1 Å². The van der Waals surface area contributed by atoms with Gasteiger partial charge in [-0.1, -0.05) is 17.3 Å². The molecule has 0 bridgehead atoms. The summed E-state index contributed by atoms with van der Waals surface area (Å²) in [6.45, 7) is 1.94. The predicted molar refractivity (Wildman–Crippen MR) is 138 cm³/mol. The Labute approximate surface area is 214 Å². The van der Waals surface area contributed by atoms with Crippen LogP contribution in [0.2, 0.25) is 0 Å². The second kappa shape index (κ2) is 9.62. The topological polar surface area (TPSA) is 118 Å². The van der Waals surface area contributed by atoms with Crippen LogP contribution in [-0.4, -0.2) is 26.8 Å². The van der Waals surface area contributed by atoms with E-state index in [1.165, 1.54) is 6.42 Å². The minimum Gasteiger partial charge on any atom is -0.484 e. The summed E-state index contributed by atoms with van der Waals surface area (Å²) in [5.41, 5.74) is 4.17. The molecule has 2 aliphatic carbocycles. The Morgan fingerprint density at radius 1 is 1.16 bits per heavy atom. The maximum absolute atomic E-state index is 12.3. The second-order valence-electron chi connectivity index (χ2n) is 9.80. The van der Waals surface area contributed by atoms with Gasteiger partial charge in [0.15, 0.2) is 12.4 Å². The van der Waals surface area contributed by atoms with Crippen LogP contribution in [0.4, 0.5) is 10.5 Å². The third-order valence-corrected chi connectivity index (χ3v) is 7.32. The van der Waals surface area contributed by atoms with Gasteiger partial charge < -0.3 is 24.5 Å². The van der Waals surface area contributed by atoms with Crippen LogP contribution in [0.15, 0.2) is 47.0 Å². The molecule has 2 N–H and O–H groups in total. The van der Waals surface area contributed by atoms with Crippen LogP contribution in [0.3, 0.4) is 0 Å². The Hall–Kier alpha value is -4.32. The molecule has 0 radical (unpaired) electrons. The fourth-order valence-corrected chi connectivity index (χ4v) is 4.96. The zero-order valence-electron chi connectivity index (χ0n) is 20.7. The lowest BCUT2D eigenvalue weighted by molar-refractivity contribution is 0.240. The van der Waals surface area contributed by atoms with Gasteiger partial charge in [-0.3, -0.25) is 0 Å². The number of nitrogens with one attached hydrogen (secondary N) is 2. The largest absolute Gasteiger partial charge is 0.484 e. The number of amides is 2. The molecule has 2 amide bonds. The van der Waals surface area contributed by atoms with Gasteiger partial charge in [-0.25, -0.2) is 4.79 Å². The van der Waals surface area contributed by atoms with Crippen molar-refractivity contribution in [3.05, 3.63) is 59.7 Å². The first-order valence-electron chi connectivity index (χ1n) is 12.8. The van der Waals surface area contributed by atoms with Gasteiger partial charge in [0.2, 0.25) is 0 Å². The summed E-state index contributed by atoms with van der Waals surface area (Å²) >= 11 is 0. The summed E-state index contributed by atoms with van der Waals surface area (Å²) in [7, 11) is 0. The number of fused-ring (bicyclic) bond motifs is 1. The van der Waals surface area contributed by atoms with Crippen molar-refractivity contribution < 1.29 is 14.1 Å². The molecule has 9 heteroatoms. The monoisotopic (exact) mass is 496 g/mol. The first kappa shape index (κ1) is 23.1. The number of carbonyl (C=O) groups is 1. The van der Waals surface area contributed by atoms with Gasteiger partial charge >= 0.3 is 6.03 Å². The molecule has 2 heterocycles. The van der Waals surface area contributed by atoms with Gasteiger partial charge in [0.25, 0.3) is 5.89 Å². The molecule has 0 atom stereocenters. The summed E-state index contributed by atoms with van der Waals surface area (Å²) in [6, 6.07) is 16.4. The summed E-state index contributed by atoms with van der Waals surface area (Å²) in [6.07, 6.45) is 6.54. The van der Waals surface area contributed by atoms with E-state index in [1.54, 1.807) is 6.92 Å². The highest BCUT2D eigenvalue weighted by Crippen LogP contribution is 2.43. The Morgan fingerprint density at radius 2 is 1.95 bits per heavy atom. The lowest BCUT2D eigenvalue weighted by atomic mass is 9.92. The number of rotatable bonds is 7. The molecule has 2 aromatic carbocycles. The normalized spacial score (nSPS) is 15.6. The van der Waals surface area contributed by atoms with Crippen molar-refractivity contribution in [1.82, 2.24) is 20.0 Å². The summed E-state index contributed by atoms with van der Waals surface area (Å²) in [4.78, 5) is 16.5. The van der Waals surface area contributed by atoms with Gasteiger partial charge in [0, 0.05) is 29.2 Å². The van der Waals surface area contributed by atoms with Crippen molar-refractivity contribution in [3.8, 4) is 23.1 Å². The number of aromatic nitrogens is 3. The number of carbonyl (C=O) groups excluding carboxylic acids is 1. The van der Waals surface area contributed by atoms with E-state index in [9.17, 15) is 10.1 Å². The van der Waals surface area contributed by atoms with E-state index in [-0.39, 0.29) is 18.7 Å². The molecule has 0 saturated heterocycles.